The van der Waals surface area contributed by atoms with E-state index >= 15 is 0 Å². The van der Waals surface area contributed by atoms with Crippen molar-refractivity contribution >= 4 is 22.7 Å². The summed E-state index contributed by atoms with van der Waals surface area (Å²) in [6, 6.07) is 6.63. The molecule has 0 aliphatic heterocycles. The van der Waals surface area contributed by atoms with Crippen molar-refractivity contribution in [2.24, 2.45) is 0 Å². The maximum atomic E-state index is 11.6. The van der Waals surface area contributed by atoms with Crippen LogP contribution in [-0.4, -0.2) is 34.1 Å². The average molecular weight is 270 g/mol. The zero-order chi connectivity index (χ0) is 13.5. The summed E-state index contributed by atoms with van der Waals surface area (Å²) in [7, 11) is 0.0437. The maximum Gasteiger partial charge on any atom is 0.337 e. The van der Waals surface area contributed by atoms with Crippen molar-refractivity contribution in [2.75, 3.05) is 12.9 Å². The molecule has 0 radical (unpaired) electrons. The number of esters is 1. The number of hydrogen-bond donors (Lipinski definition) is 1. The first kappa shape index (κ1) is 14.4. The Kier molecular flexibility index (Phi) is 5.51. The Hall–Kier alpha value is -1.69. The van der Waals surface area contributed by atoms with E-state index in [2.05, 4.69) is 4.74 Å². The fourth-order valence-corrected chi connectivity index (χ4v) is 2.46. The molecule has 1 aromatic rings. The van der Waals surface area contributed by atoms with E-state index in [1.165, 1.54) is 7.11 Å². The summed E-state index contributed by atoms with van der Waals surface area (Å²) in [5.74, 6) is -1.07. The molecule has 1 N–H and O–H groups in total. The van der Waals surface area contributed by atoms with Gasteiger partial charge >= 0.3 is 11.9 Å². The number of hydrogen-bond acceptors (Lipinski definition) is 4. The first-order valence-electron chi connectivity index (χ1n) is 5.27. The van der Waals surface area contributed by atoms with Gasteiger partial charge in [0.2, 0.25) is 0 Å². The van der Waals surface area contributed by atoms with E-state index in [1.807, 2.05) is 0 Å². The molecule has 0 bridgehead atoms. The van der Waals surface area contributed by atoms with Gasteiger partial charge in [0.25, 0.3) is 0 Å². The molecular formula is C12H14O5S. The Morgan fingerprint density at radius 2 is 2.11 bits per heavy atom. The summed E-state index contributed by atoms with van der Waals surface area (Å²) in [5.41, 5.74) is 1.12. The van der Waals surface area contributed by atoms with Gasteiger partial charge in [-0.2, -0.15) is 0 Å². The van der Waals surface area contributed by atoms with Gasteiger partial charge < -0.3 is 9.84 Å². The van der Waals surface area contributed by atoms with Crippen molar-refractivity contribution in [1.29, 1.82) is 0 Å². The molecule has 0 fully saturated rings. The number of carbonyl (C=O) groups excluding carboxylic acids is 1. The van der Waals surface area contributed by atoms with Crippen LogP contribution in [0, 0.1) is 0 Å². The third-order valence-electron chi connectivity index (χ3n) is 2.22. The lowest BCUT2D eigenvalue weighted by atomic mass is 10.1. The Morgan fingerprint density at radius 1 is 1.39 bits per heavy atom. The summed E-state index contributed by atoms with van der Waals surface area (Å²) in [4.78, 5) is 21.6. The molecule has 1 rings (SSSR count). The normalized spacial score (nSPS) is 11.8. The van der Waals surface area contributed by atoms with Crippen molar-refractivity contribution < 1.29 is 23.6 Å². The van der Waals surface area contributed by atoms with Gasteiger partial charge in [0.05, 0.1) is 19.1 Å². The van der Waals surface area contributed by atoms with Crippen molar-refractivity contribution in [1.82, 2.24) is 0 Å². The molecule has 0 amide bonds. The number of carbonyl (C=O) groups is 2. The van der Waals surface area contributed by atoms with E-state index in [1.54, 1.807) is 24.3 Å². The van der Waals surface area contributed by atoms with Crippen LogP contribution in [0.4, 0.5) is 0 Å². The predicted octanol–water partition coefficient (Wildman–Crippen LogP) is 1.20. The second kappa shape index (κ2) is 6.90. The average Bonchev–Trinajstić information content (AvgIpc) is 2.35. The van der Waals surface area contributed by atoms with Gasteiger partial charge in [-0.15, -0.1) is 0 Å². The van der Waals surface area contributed by atoms with Crippen molar-refractivity contribution in [3.05, 3.63) is 35.4 Å². The molecule has 6 heteroatoms. The SMILES string of the molecule is COC(=O)c1cccc(CS(=O)CCC(=O)O)c1. The predicted molar refractivity (Wildman–Crippen MR) is 66.7 cm³/mol. The van der Waals surface area contributed by atoms with Crippen LogP contribution < -0.4 is 0 Å². The topological polar surface area (TPSA) is 80.7 Å². The van der Waals surface area contributed by atoms with Crippen LogP contribution in [0.1, 0.15) is 22.3 Å². The summed E-state index contributed by atoms with van der Waals surface area (Å²) in [5, 5.41) is 8.48. The number of carboxylic acid groups (broad SMARTS) is 1. The van der Waals surface area contributed by atoms with Crippen LogP contribution in [0.5, 0.6) is 0 Å². The maximum absolute atomic E-state index is 11.6. The number of rotatable bonds is 6. The molecule has 1 aromatic carbocycles. The summed E-state index contributed by atoms with van der Waals surface area (Å²) in [6.45, 7) is 0. The molecule has 18 heavy (non-hydrogen) atoms. The van der Waals surface area contributed by atoms with Crippen LogP contribution in [0.15, 0.2) is 24.3 Å². The second-order valence-corrected chi connectivity index (χ2v) is 5.20. The molecule has 0 saturated heterocycles. The molecule has 0 saturated carbocycles. The quantitative estimate of drug-likeness (QED) is 0.785. The molecule has 0 spiro atoms. The zero-order valence-corrected chi connectivity index (χ0v) is 10.7. The molecule has 1 atom stereocenters. The lowest BCUT2D eigenvalue weighted by Gasteiger charge is -2.04. The summed E-state index contributed by atoms with van der Waals surface area (Å²) in [6.07, 6.45) is -0.122. The highest BCUT2D eigenvalue weighted by Gasteiger charge is 2.08. The van der Waals surface area contributed by atoms with E-state index in [0.29, 0.717) is 5.56 Å². The first-order chi connectivity index (χ1) is 8.52. The molecule has 1 unspecified atom stereocenters. The smallest absolute Gasteiger partial charge is 0.337 e. The standard InChI is InChI=1S/C12H14O5S/c1-17-12(15)10-4-2-3-9(7-10)8-18(16)6-5-11(13)14/h2-4,7H,5-6,8H2,1H3,(H,13,14). The number of methoxy groups -OCH3 is 1. The highest BCUT2D eigenvalue weighted by molar-refractivity contribution is 7.84. The monoisotopic (exact) mass is 270 g/mol. The molecule has 5 nitrogen and oxygen atoms in total. The minimum absolute atomic E-state index is 0.109. The van der Waals surface area contributed by atoms with Crippen LogP contribution in [0.2, 0.25) is 0 Å². The second-order valence-electron chi connectivity index (χ2n) is 3.62. The number of ether oxygens (including phenoxy) is 1. The van der Waals surface area contributed by atoms with E-state index in [4.69, 9.17) is 5.11 Å². The van der Waals surface area contributed by atoms with Gasteiger partial charge in [-0.1, -0.05) is 12.1 Å². The van der Waals surface area contributed by atoms with Crippen LogP contribution in [-0.2, 0) is 26.1 Å². The third kappa shape index (κ3) is 4.67. The minimum atomic E-state index is -1.25. The summed E-state index contributed by atoms with van der Waals surface area (Å²) >= 11 is 0. The number of benzene rings is 1. The van der Waals surface area contributed by atoms with Gasteiger partial charge in [-0.3, -0.25) is 9.00 Å². The lowest BCUT2D eigenvalue weighted by Crippen LogP contribution is -2.07. The van der Waals surface area contributed by atoms with Crippen molar-refractivity contribution in [2.45, 2.75) is 12.2 Å². The van der Waals surface area contributed by atoms with Crippen molar-refractivity contribution in [3.8, 4) is 0 Å². The van der Waals surface area contributed by atoms with Gasteiger partial charge in [0.1, 0.15) is 0 Å². The van der Waals surface area contributed by atoms with Crippen molar-refractivity contribution in [3.63, 3.8) is 0 Å². The van der Waals surface area contributed by atoms with Gasteiger partial charge in [0, 0.05) is 22.3 Å². The highest BCUT2D eigenvalue weighted by atomic mass is 32.2. The Morgan fingerprint density at radius 3 is 2.72 bits per heavy atom. The highest BCUT2D eigenvalue weighted by Crippen LogP contribution is 2.09. The molecule has 0 aromatic heterocycles. The lowest BCUT2D eigenvalue weighted by molar-refractivity contribution is -0.136. The third-order valence-corrected chi connectivity index (χ3v) is 3.53. The van der Waals surface area contributed by atoms with Crippen LogP contribution >= 0.6 is 0 Å². The Labute approximate surface area is 107 Å². The Bertz CT molecular complexity index is 469. The summed E-state index contributed by atoms with van der Waals surface area (Å²) < 4.78 is 16.2. The van der Waals surface area contributed by atoms with E-state index < -0.39 is 22.7 Å². The fourth-order valence-electron chi connectivity index (χ4n) is 1.37. The minimum Gasteiger partial charge on any atom is -0.481 e. The van der Waals surface area contributed by atoms with Gasteiger partial charge in [-0.05, 0) is 17.7 Å². The first-order valence-corrected chi connectivity index (χ1v) is 6.75. The van der Waals surface area contributed by atoms with E-state index in [-0.39, 0.29) is 17.9 Å². The van der Waals surface area contributed by atoms with E-state index in [9.17, 15) is 13.8 Å². The van der Waals surface area contributed by atoms with Crippen LogP contribution in [0.3, 0.4) is 0 Å². The molecular weight excluding hydrogens is 256 g/mol. The van der Waals surface area contributed by atoms with Crippen LogP contribution in [0.25, 0.3) is 0 Å². The molecule has 0 aliphatic carbocycles. The van der Waals surface area contributed by atoms with E-state index in [0.717, 1.165) is 5.56 Å². The Balaban J connectivity index is 2.64. The van der Waals surface area contributed by atoms with Gasteiger partial charge in [-0.25, -0.2) is 4.79 Å². The largest absolute Gasteiger partial charge is 0.481 e. The zero-order valence-electron chi connectivity index (χ0n) is 9.92. The molecule has 0 heterocycles. The number of aliphatic carboxylic acids is 1. The van der Waals surface area contributed by atoms with Gasteiger partial charge in [0.15, 0.2) is 0 Å². The molecule has 0 aliphatic rings. The number of carboxylic acids is 1. The molecule has 98 valence electrons. The fraction of sp³-hybridized carbons (Fsp3) is 0.333.